The SMILES string of the molecule is CC(C)n1cc(N)cc1C(=O)NCC1(N(C)C)CCCC1. The number of nitrogens with two attached hydrogens (primary N) is 1. The van der Waals surface area contributed by atoms with E-state index in [1.807, 2.05) is 10.8 Å². The van der Waals surface area contributed by atoms with Crippen molar-refractivity contribution in [3.8, 4) is 0 Å². The third-order valence-electron chi connectivity index (χ3n) is 4.72. The summed E-state index contributed by atoms with van der Waals surface area (Å²) >= 11 is 0. The highest BCUT2D eigenvalue weighted by Crippen LogP contribution is 2.33. The maximum Gasteiger partial charge on any atom is 0.268 e. The van der Waals surface area contributed by atoms with Crippen LogP contribution in [0, 0.1) is 0 Å². The third-order valence-corrected chi connectivity index (χ3v) is 4.72. The van der Waals surface area contributed by atoms with Gasteiger partial charge < -0.3 is 20.5 Å². The highest BCUT2D eigenvalue weighted by atomic mass is 16.2. The molecule has 1 amide bonds. The second-order valence-corrected chi connectivity index (χ2v) is 6.67. The van der Waals surface area contributed by atoms with E-state index in [-0.39, 0.29) is 17.5 Å². The zero-order chi connectivity index (χ0) is 15.6. The van der Waals surface area contributed by atoms with Crippen molar-refractivity contribution in [2.75, 3.05) is 26.4 Å². The van der Waals surface area contributed by atoms with Crippen LogP contribution < -0.4 is 11.1 Å². The standard InChI is InChI=1S/C16H28N4O/c1-12(2)20-10-13(17)9-14(20)15(21)18-11-16(19(3)4)7-5-6-8-16/h9-10,12H,5-8,11,17H2,1-4H3,(H,18,21). The van der Waals surface area contributed by atoms with Crippen LogP contribution in [0.25, 0.3) is 0 Å². The van der Waals surface area contributed by atoms with E-state index < -0.39 is 0 Å². The van der Waals surface area contributed by atoms with E-state index in [1.54, 1.807) is 6.07 Å². The topological polar surface area (TPSA) is 63.3 Å². The van der Waals surface area contributed by atoms with Gasteiger partial charge in [-0.1, -0.05) is 12.8 Å². The number of nitrogens with one attached hydrogen (secondary N) is 1. The van der Waals surface area contributed by atoms with E-state index in [2.05, 4.69) is 38.2 Å². The highest BCUT2D eigenvalue weighted by Gasteiger charge is 2.36. The number of hydrogen-bond acceptors (Lipinski definition) is 3. The Labute approximate surface area is 127 Å². The van der Waals surface area contributed by atoms with Crippen molar-refractivity contribution >= 4 is 11.6 Å². The lowest BCUT2D eigenvalue weighted by Gasteiger charge is -2.36. The molecular formula is C16H28N4O. The van der Waals surface area contributed by atoms with Crippen LogP contribution in [-0.2, 0) is 0 Å². The van der Waals surface area contributed by atoms with Crippen LogP contribution in [-0.4, -0.2) is 41.6 Å². The molecule has 3 N–H and O–H groups in total. The Hall–Kier alpha value is -1.49. The minimum absolute atomic E-state index is 0.0338. The number of aromatic nitrogens is 1. The number of nitrogen functional groups attached to an aromatic ring is 1. The lowest BCUT2D eigenvalue weighted by molar-refractivity contribution is 0.0889. The molecule has 0 bridgehead atoms. The van der Waals surface area contributed by atoms with Gasteiger partial charge >= 0.3 is 0 Å². The summed E-state index contributed by atoms with van der Waals surface area (Å²) in [6.45, 7) is 4.80. The molecule has 1 heterocycles. The van der Waals surface area contributed by atoms with Crippen LogP contribution >= 0.6 is 0 Å². The highest BCUT2D eigenvalue weighted by molar-refractivity contribution is 5.93. The monoisotopic (exact) mass is 292 g/mol. The van der Waals surface area contributed by atoms with Gasteiger partial charge in [0.15, 0.2) is 0 Å². The Morgan fingerprint density at radius 2 is 2.05 bits per heavy atom. The molecule has 1 aromatic heterocycles. The first-order valence-corrected chi connectivity index (χ1v) is 7.79. The summed E-state index contributed by atoms with van der Waals surface area (Å²) in [5.41, 5.74) is 7.23. The van der Waals surface area contributed by atoms with Crippen LogP contribution in [0.4, 0.5) is 5.69 Å². The van der Waals surface area contributed by atoms with Gasteiger partial charge in [-0.3, -0.25) is 4.79 Å². The predicted octanol–water partition coefficient (Wildman–Crippen LogP) is 2.26. The Bertz CT molecular complexity index is 498. The summed E-state index contributed by atoms with van der Waals surface area (Å²) in [5, 5.41) is 3.11. The molecule has 5 heteroatoms. The van der Waals surface area contributed by atoms with Crippen molar-refractivity contribution < 1.29 is 4.79 Å². The molecule has 0 atom stereocenters. The average Bonchev–Trinajstić information content (AvgIpc) is 3.03. The van der Waals surface area contributed by atoms with Gasteiger partial charge in [-0.25, -0.2) is 0 Å². The number of hydrogen-bond donors (Lipinski definition) is 2. The van der Waals surface area contributed by atoms with E-state index in [0.717, 1.165) is 12.8 Å². The van der Waals surface area contributed by atoms with Crippen molar-refractivity contribution in [1.82, 2.24) is 14.8 Å². The third kappa shape index (κ3) is 3.23. The number of nitrogens with zero attached hydrogens (tertiary/aromatic N) is 2. The Morgan fingerprint density at radius 1 is 1.43 bits per heavy atom. The molecule has 1 aromatic rings. The molecule has 0 aromatic carbocycles. The molecule has 1 fully saturated rings. The predicted molar refractivity (Wildman–Crippen MR) is 86.4 cm³/mol. The summed E-state index contributed by atoms with van der Waals surface area (Å²) in [7, 11) is 4.21. The Morgan fingerprint density at radius 3 is 2.57 bits per heavy atom. The number of rotatable bonds is 5. The number of carbonyl (C=O) groups excluding carboxylic acids is 1. The minimum Gasteiger partial charge on any atom is -0.397 e. The second kappa shape index (κ2) is 6.10. The van der Waals surface area contributed by atoms with Crippen molar-refractivity contribution in [3.63, 3.8) is 0 Å². The number of anilines is 1. The van der Waals surface area contributed by atoms with Crippen molar-refractivity contribution in [2.24, 2.45) is 0 Å². The summed E-state index contributed by atoms with van der Waals surface area (Å²) in [6, 6.07) is 1.98. The maximum atomic E-state index is 12.5. The molecule has 0 saturated heterocycles. The van der Waals surface area contributed by atoms with Gasteiger partial charge in [-0.05, 0) is 46.9 Å². The summed E-state index contributed by atoms with van der Waals surface area (Å²) in [4.78, 5) is 14.8. The molecule has 2 rings (SSSR count). The van der Waals surface area contributed by atoms with Gasteiger partial charge in [0.05, 0.1) is 5.69 Å². The van der Waals surface area contributed by atoms with E-state index in [9.17, 15) is 4.79 Å². The molecule has 0 radical (unpaired) electrons. The smallest absolute Gasteiger partial charge is 0.268 e. The molecule has 1 aliphatic rings. The van der Waals surface area contributed by atoms with E-state index in [1.165, 1.54) is 12.8 Å². The molecule has 0 unspecified atom stereocenters. The lowest BCUT2D eigenvalue weighted by Crippen LogP contribution is -2.51. The van der Waals surface area contributed by atoms with E-state index >= 15 is 0 Å². The zero-order valence-electron chi connectivity index (χ0n) is 13.6. The van der Waals surface area contributed by atoms with Gasteiger partial charge in [-0.15, -0.1) is 0 Å². The van der Waals surface area contributed by atoms with Crippen LogP contribution in [0.3, 0.4) is 0 Å². The Balaban J connectivity index is 2.08. The second-order valence-electron chi connectivity index (χ2n) is 6.67. The summed E-state index contributed by atoms with van der Waals surface area (Å²) in [5.74, 6) is -0.0338. The van der Waals surface area contributed by atoms with Gasteiger partial charge in [0.2, 0.25) is 0 Å². The van der Waals surface area contributed by atoms with Crippen LogP contribution in [0.1, 0.15) is 56.1 Å². The first kappa shape index (κ1) is 15.9. The lowest BCUT2D eigenvalue weighted by atomic mass is 9.96. The van der Waals surface area contributed by atoms with Gasteiger partial charge in [0.25, 0.3) is 5.91 Å². The fourth-order valence-corrected chi connectivity index (χ4v) is 3.26. The van der Waals surface area contributed by atoms with Crippen molar-refractivity contribution in [3.05, 3.63) is 18.0 Å². The average molecular weight is 292 g/mol. The number of amides is 1. The van der Waals surface area contributed by atoms with Gasteiger partial charge in [-0.2, -0.15) is 0 Å². The van der Waals surface area contributed by atoms with Crippen LogP contribution in [0.2, 0.25) is 0 Å². The fourth-order valence-electron chi connectivity index (χ4n) is 3.26. The molecule has 0 aliphatic heterocycles. The molecule has 5 nitrogen and oxygen atoms in total. The molecule has 118 valence electrons. The quantitative estimate of drug-likeness (QED) is 0.875. The number of likely N-dealkylation sites (N-methyl/N-ethyl adjacent to an activating group) is 1. The van der Waals surface area contributed by atoms with Crippen LogP contribution in [0.5, 0.6) is 0 Å². The summed E-state index contributed by atoms with van der Waals surface area (Å²) in [6.07, 6.45) is 6.60. The van der Waals surface area contributed by atoms with Crippen molar-refractivity contribution in [2.45, 2.75) is 51.1 Å². The number of carbonyl (C=O) groups is 1. The maximum absolute atomic E-state index is 12.5. The normalized spacial score (nSPS) is 17.6. The van der Waals surface area contributed by atoms with Crippen LogP contribution in [0.15, 0.2) is 12.3 Å². The minimum atomic E-state index is -0.0338. The van der Waals surface area contributed by atoms with E-state index in [4.69, 9.17) is 5.73 Å². The molecule has 0 spiro atoms. The molecule has 1 aliphatic carbocycles. The molecule has 1 saturated carbocycles. The van der Waals surface area contributed by atoms with Crippen molar-refractivity contribution in [1.29, 1.82) is 0 Å². The first-order valence-electron chi connectivity index (χ1n) is 7.79. The van der Waals surface area contributed by atoms with E-state index in [0.29, 0.717) is 17.9 Å². The van der Waals surface area contributed by atoms with Gasteiger partial charge in [0.1, 0.15) is 5.69 Å². The molecular weight excluding hydrogens is 264 g/mol. The van der Waals surface area contributed by atoms with Gasteiger partial charge in [0, 0.05) is 24.3 Å². The first-order chi connectivity index (χ1) is 9.85. The zero-order valence-corrected chi connectivity index (χ0v) is 13.6. The Kier molecular flexibility index (Phi) is 4.61. The fraction of sp³-hybridized carbons (Fsp3) is 0.688. The summed E-state index contributed by atoms with van der Waals surface area (Å²) < 4.78 is 1.93. The largest absolute Gasteiger partial charge is 0.397 e. The molecule has 21 heavy (non-hydrogen) atoms.